The molecule has 1 fully saturated rings. The molecule has 4 rings (SSSR count). The molecule has 1 amide bonds. The van der Waals surface area contributed by atoms with Crippen LogP contribution in [0.25, 0.3) is 0 Å². The summed E-state index contributed by atoms with van der Waals surface area (Å²) in [5.74, 6) is 1.20. The first-order valence-corrected chi connectivity index (χ1v) is 9.84. The highest BCUT2D eigenvalue weighted by Crippen LogP contribution is 2.26. The van der Waals surface area contributed by atoms with E-state index in [1.54, 1.807) is 0 Å². The molecule has 0 spiro atoms. The van der Waals surface area contributed by atoms with Gasteiger partial charge in [0.2, 0.25) is 5.91 Å². The normalized spacial score (nSPS) is 15.5. The van der Waals surface area contributed by atoms with Gasteiger partial charge in [-0.05, 0) is 42.3 Å². The van der Waals surface area contributed by atoms with Crippen LogP contribution < -0.4 is 4.90 Å². The Balaban J connectivity index is 1.45. The lowest BCUT2D eigenvalue weighted by Crippen LogP contribution is -2.49. The van der Waals surface area contributed by atoms with E-state index in [0.717, 1.165) is 32.0 Å². The molecule has 2 aromatic heterocycles. The Labute approximate surface area is 166 Å². The maximum Gasteiger partial charge on any atom is 0.225 e. The van der Waals surface area contributed by atoms with Crippen molar-refractivity contribution in [1.82, 2.24) is 14.5 Å². The molecule has 0 N–H and O–H groups in total. The first-order valence-electron chi connectivity index (χ1n) is 9.84. The van der Waals surface area contributed by atoms with E-state index >= 15 is 0 Å². The number of carbonyl (C=O) groups excluding carboxylic acids is 1. The molecular weight excluding hydrogens is 348 g/mol. The number of pyridine rings is 1. The van der Waals surface area contributed by atoms with Crippen molar-refractivity contribution >= 4 is 11.7 Å². The van der Waals surface area contributed by atoms with Crippen LogP contribution in [0.2, 0.25) is 0 Å². The average Bonchev–Trinajstić information content (AvgIpc) is 3.28. The fourth-order valence-electron chi connectivity index (χ4n) is 3.91. The summed E-state index contributed by atoms with van der Waals surface area (Å²) in [6.07, 6.45) is 6.38. The first-order chi connectivity index (χ1) is 13.7. The molecule has 1 aliphatic rings. The highest BCUT2D eigenvalue weighted by Gasteiger charge is 2.26. The van der Waals surface area contributed by atoms with E-state index in [0.29, 0.717) is 6.42 Å². The van der Waals surface area contributed by atoms with Crippen LogP contribution in [0.15, 0.2) is 73.2 Å². The van der Waals surface area contributed by atoms with Crippen LogP contribution in [0.3, 0.4) is 0 Å². The van der Waals surface area contributed by atoms with E-state index in [-0.39, 0.29) is 11.9 Å². The summed E-state index contributed by atoms with van der Waals surface area (Å²) in [5.41, 5.74) is 2.42. The van der Waals surface area contributed by atoms with Gasteiger partial charge in [-0.15, -0.1) is 0 Å². The Morgan fingerprint density at radius 1 is 0.964 bits per heavy atom. The van der Waals surface area contributed by atoms with Crippen molar-refractivity contribution in [3.05, 3.63) is 84.3 Å². The van der Waals surface area contributed by atoms with Gasteiger partial charge in [0.05, 0.1) is 12.5 Å². The number of amides is 1. The molecule has 0 radical (unpaired) electrons. The molecule has 5 heteroatoms. The highest BCUT2D eigenvalue weighted by molar-refractivity contribution is 5.77. The lowest BCUT2D eigenvalue weighted by Gasteiger charge is -2.36. The van der Waals surface area contributed by atoms with Gasteiger partial charge in [-0.2, -0.15) is 0 Å². The van der Waals surface area contributed by atoms with Gasteiger partial charge in [0.25, 0.3) is 0 Å². The Bertz CT molecular complexity index is 899. The zero-order valence-electron chi connectivity index (χ0n) is 16.2. The third-order valence-electron chi connectivity index (χ3n) is 5.51. The van der Waals surface area contributed by atoms with Gasteiger partial charge in [-0.1, -0.05) is 30.3 Å². The fraction of sp³-hybridized carbons (Fsp3) is 0.304. The Morgan fingerprint density at radius 3 is 2.36 bits per heavy atom. The fourth-order valence-corrected chi connectivity index (χ4v) is 3.91. The summed E-state index contributed by atoms with van der Waals surface area (Å²) in [4.78, 5) is 21.8. The molecule has 0 unspecified atom stereocenters. The first kappa shape index (κ1) is 18.3. The second-order valence-electron chi connectivity index (χ2n) is 7.26. The van der Waals surface area contributed by atoms with Crippen LogP contribution in [0.1, 0.15) is 23.6 Å². The molecule has 1 atom stereocenters. The van der Waals surface area contributed by atoms with Gasteiger partial charge in [-0.25, -0.2) is 4.98 Å². The van der Waals surface area contributed by atoms with Crippen molar-refractivity contribution in [2.24, 2.45) is 0 Å². The number of piperazine rings is 1. The molecule has 0 aliphatic carbocycles. The third-order valence-corrected chi connectivity index (χ3v) is 5.51. The highest BCUT2D eigenvalue weighted by atomic mass is 16.2. The van der Waals surface area contributed by atoms with Crippen molar-refractivity contribution in [1.29, 1.82) is 0 Å². The minimum atomic E-state index is 0.0255. The number of carbonyl (C=O) groups is 1. The van der Waals surface area contributed by atoms with E-state index in [1.165, 1.54) is 11.1 Å². The summed E-state index contributed by atoms with van der Waals surface area (Å²) in [7, 11) is 0. The van der Waals surface area contributed by atoms with Gasteiger partial charge < -0.3 is 14.4 Å². The van der Waals surface area contributed by atoms with E-state index < -0.39 is 0 Å². The topological polar surface area (TPSA) is 41.4 Å². The predicted octanol–water partition coefficient (Wildman–Crippen LogP) is 3.52. The Kier molecular flexibility index (Phi) is 5.42. The summed E-state index contributed by atoms with van der Waals surface area (Å²) >= 11 is 0. The molecule has 0 saturated carbocycles. The van der Waals surface area contributed by atoms with Crippen LogP contribution in [-0.2, 0) is 4.79 Å². The monoisotopic (exact) mass is 374 g/mol. The molecular formula is C23H26N4O. The van der Waals surface area contributed by atoms with Crippen LogP contribution in [0, 0.1) is 6.92 Å². The average molecular weight is 374 g/mol. The van der Waals surface area contributed by atoms with Crippen LogP contribution in [0.4, 0.5) is 5.82 Å². The molecule has 3 heterocycles. The number of anilines is 1. The van der Waals surface area contributed by atoms with Crippen molar-refractivity contribution in [2.45, 2.75) is 19.4 Å². The van der Waals surface area contributed by atoms with Crippen molar-refractivity contribution in [3.63, 3.8) is 0 Å². The number of benzene rings is 1. The van der Waals surface area contributed by atoms with Gasteiger partial charge in [0, 0.05) is 44.8 Å². The smallest absolute Gasteiger partial charge is 0.225 e. The minimum absolute atomic E-state index is 0.0255. The molecule has 3 aromatic rings. The summed E-state index contributed by atoms with van der Waals surface area (Å²) < 4.78 is 2.14. The van der Waals surface area contributed by atoms with Crippen molar-refractivity contribution in [2.75, 3.05) is 31.1 Å². The number of hydrogen-bond donors (Lipinski definition) is 0. The maximum absolute atomic E-state index is 13.1. The van der Waals surface area contributed by atoms with Crippen LogP contribution >= 0.6 is 0 Å². The molecule has 1 aliphatic heterocycles. The molecule has 5 nitrogen and oxygen atoms in total. The zero-order chi connectivity index (χ0) is 19.3. The Hall–Kier alpha value is -3.08. The van der Waals surface area contributed by atoms with Crippen LogP contribution in [0.5, 0.6) is 0 Å². The molecule has 144 valence electrons. The second-order valence-corrected chi connectivity index (χ2v) is 7.26. The predicted molar refractivity (Wildman–Crippen MR) is 111 cm³/mol. The summed E-state index contributed by atoms with van der Waals surface area (Å²) in [6.45, 7) is 5.23. The van der Waals surface area contributed by atoms with Crippen LogP contribution in [-0.4, -0.2) is 46.5 Å². The zero-order valence-corrected chi connectivity index (χ0v) is 16.2. The third kappa shape index (κ3) is 3.93. The van der Waals surface area contributed by atoms with E-state index in [1.807, 2.05) is 59.9 Å². The van der Waals surface area contributed by atoms with Crippen molar-refractivity contribution < 1.29 is 4.79 Å². The Morgan fingerprint density at radius 2 is 1.68 bits per heavy atom. The molecule has 0 bridgehead atoms. The van der Waals surface area contributed by atoms with E-state index in [4.69, 9.17) is 0 Å². The largest absolute Gasteiger partial charge is 0.353 e. The SMILES string of the molecule is Cc1ccccc1[C@@H](CC(=O)N1CCN(c2ccccn2)CC1)n1cccc1. The minimum Gasteiger partial charge on any atom is -0.353 e. The lowest BCUT2D eigenvalue weighted by atomic mass is 9.98. The number of aromatic nitrogens is 2. The van der Waals surface area contributed by atoms with Gasteiger partial charge in [0.15, 0.2) is 0 Å². The number of nitrogens with zero attached hydrogens (tertiary/aromatic N) is 4. The van der Waals surface area contributed by atoms with Gasteiger partial charge >= 0.3 is 0 Å². The van der Waals surface area contributed by atoms with Gasteiger partial charge in [-0.3, -0.25) is 4.79 Å². The lowest BCUT2D eigenvalue weighted by molar-refractivity contribution is -0.132. The summed E-state index contributed by atoms with van der Waals surface area (Å²) in [6, 6.07) is 18.4. The number of aryl methyl sites for hydroxylation is 1. The van der Waals surface area contributed by atoms with E-state index in [9.17, 15) is 4.79 Å². The number of rotatable bonds is 5. The molecule has 1 saturated heterocycles. The second kappa shape index (κ2) is 8.30. The van der Waals surface area contributed by atoms with Gasteiger partial charge in [0.1, 0.15) is 5.82 Å². The van der Waals surface area contributed by atoms with E-state index in [2.05, 4.69) is 39.6 Å². The molecule has 1 aromatic carbocycles. The maximum atomic E-state index is 13.1. The number of hydrogen-bond acceptors (Lipinski definition) is 3. The quantitative estimate of drug-likeness (QED) is 0.686. The van der Waals surface area contributed by atoms with Crippen molar-refractivity contribution in [3.8, 4) is 0 Å². The molecule has 28 heavy (non-hydrogen) atoms. The summed E-state index contributed by atoms with van der Waals surface area (Å²) in [5, 5.41) is 0. The standard InChI is InChI=1S/C23H26N4O/c1-19-8-2-3-9-20(19)21(25-12-6-7-13-25)18-23(28)27-16-14-26(15-17-27)22-10-4-5-11-24-22/h2-13,21H,14-18H2,1H3/t21-/m1/s1.